The van der Waals surface area contributed by atoms with Gasteiger partial charge in [0.15, 0.2) is 0 Å². The minimum atomic E-state index is -1.23. The molecule has 0 heterocycles. The fraction of sp³-hybridized carbons (Fsp3) is 0.100. The maximum absolute atomic E-state index is 12.4. The fourth-order valence-electron chi connectivity index (χ4n) is 6.81. The molecule has 0 aromatic heterocycles. The molecule has 7 aromatic rings. The van der Waals surface area contributed by atoms with Crippen LogP contribution in [0, 0.1) is 13.8 Å². The van der Waals surface area contributed by atoms with E-state index in [9.17, 15) is 30.0 Å². The van der Waals surface area contributed by atoms with Crippen LogP contribution in [0.1, 0.15) is 55.5 Å². The monoisotopic (exact) mass is 634 g/mol. The molecule has 7 aromatic carbocycles. The van der Waals surface area contributed by atoms with Crippen molar-refractivity contribution in [1.29, 1.82) is 0 Å². The van der Waals surface area contributed by atoms with Crippen LogP contribution in [0.15, 0.2) is 101 Å². The third-order valence-electron chi connectivity index (χ3n) is 9.09. The van der Waals surface area contributed by atoms with Crippen molar-refractivity contribution in [3.63, 3.8) is 0 Å². The second kappa shape index (κ2) is 11.5. The highest BCUT2D eigenvalue weighted by Gasteiger charge is 2.26. The Morgan fingerprint density at radius 2 is 0.979 bits per heavy atom. The smallest absolute Gasteiger partial charge is 0.336 e. The average Bonchev–Trinajstić information content (AvgIpc) is 3.07. The number of para-hydroxylation sites is 2. The number of carboxylic acid groups (broad SMARTS) is 2. The Morgan fingerprint density at radius 3 is 1.50 bits per heavy atom. The van der Waals surface area contributed by atoms with Crippen LogP contribution in [0.3, 0.4) is 0 Å². The number of aliphatic imine (C=N–C) groups is 2. The number of nitrogens with zero attached hydrogens (tertiary/aromatic N) is 2. The maximum Gasteiger partial charge on any atom is 0.336 e. The maximum atomic E-state index is 12.4. The molecule has 0 aliphatic rings. The van der Waals surface area contributed by atoms with Crippen LogP contribution >= 0.6 is 0 Å². The van der Waals surface area contributed by atoms with Crippen LogP contribution < -0.4 is 0 Å². The lowest BCUT2D eigenvalue weighted by atomic mass is 9.82. The van der Waals surface area contributed by atoms with E-state index in [4.69, 9.17) is 0 Å². The van der Waals surface area contributed by atoms with Gasteiger partial charge in [-0.2, -0.15) is 0 Å². The zero-order valence-corrected chi connectivity index (χ0v) is 26.4. The molecule has 0 fully saturated rings. The minimum absolute atomic E-state index is 0.106. The number of aryl methyl sites for hydroxylation is 3. The molecule has 0 atom stereocenters. The van der Waals surface area contributed by atoms with Gasteiger partial charge in [-0.15, -0.1) is 0 Å². The van der Waals surface area contributed by atoms with Gasteiger partial charge in [0.1, 0.15) is 0 Å². The molecule has 8 nitrogen and oxygen atoms in total. The zero-order chi connectivity index (χ0) is 33.9. The van der Waals surface area contributed by atoms with Crippen molar-refractivity contribution in [2.24, 2.45) is 9.98 Å². The molecule has 0 bridgehead atoms. The van der Waals surface area contributed by atoms with Gasteiger partial charge in [-0.3, -0.25) is 0 Å². The Bertz CT molecular complexity index is 2530. The van der Waals surface area contributed by atoms with Crippen LogP contribution in [0.4, 0.5) is 11.4 Å². The van der Waals surface area contributed by atoms with Gasteiger partial charge in [-0.25, -0.2) is 19.6 Å². The molecule has 236 valence electrons. The predicted octanol–water partition coefficient (Wildman–Crippen LogP) is 9.59. The molecule has 0 saturated heterocycles. The summed E-state index contributed by atoms with van der Waals surface area (Å²) in [4.78, 5) is 34.0. The molecular weight excluding hydrogens is 604 g/mol. The van der Waals surface area contributed by atoms with Gasteiger partial charge in [0.2, 0.25) is 11.8 Å². The summed E-state index contributed by atoms with van der Waals surface area (Å²) < 4.78 is 0. The average molecular weight is 635 g/mol. The van der Waals surface area contributed by atoms with E-state index in [0.717, 1.165) is 22.1 Å². The van der Waals surface area contributed by atoms with Crippen molar-refractivity contribution in [2.75, 3.05) is 0 Å². The quantitative estimate of drug-likeness (QED) is 0.0596. The normalized spacial score (nSPS) is 12.5. The highest BCUT2D eigenvalue weighted by Crippen LogP contribution is 2.46. The first-order valence-electron chi connectivity index (χ1n) is 15.5. The molecule has 4 N–H and O–H groups in total. The number of carboxylic acids is 2. The highest BCUT2D eigenvalue weighted by atomic mass is 16.4. The van der Waals surface area contributed by atoms with E-state index >= 15 is 0 Å². The Morgan fingerprint density at radius 1 is 0.521 bits per heavy atom. The molecule has 0 saturated carbocycles. The van der Waals surface area contributed by atoms with Gasteiger partial charge < -0.3 is 20.4 Å². The third kappa shape index (κ3) is 4.69. The summed E-state index contributed by atoms with van der Waals surface area (Å²) in [5, 5.41) is 48.3. The Balaban J connectivity index is 1.70. The summed E-state index contributed by atoms with van der Waals surface area (Å²) in [6.45, 7) is 5.78. The van der Waals surface area contributed by atoms with E-state index in [0.29, 0.717) is 61.2 Å². The van der Waals surface area contributed by atoms with E-state index in [1.54, 1.807) is 24.3 Å². The zero-order valence-electron chi connectivity index (χ0n) is 26.4. The summed E-state index contributed by atoms with van der Waals surface area (Å²) in [7, 11) is 0. The summed E-state index contributed by atoms with van der Waals surface area (Å²) in [6, 6.07) is 26.6. The van der Waals surface area contributed by atoms with Crippen molar-refractivity contribution >= 4 is 78.2 Å². The number of fused-ring (bicyclic) bond motifs is 2. The van der Waals surface area contributed by atoms with Gasteiger partial charge in [-0.1, -0.05) is 61.5 Å². The molecular formula is C40H30N2O6. The van der Waals surface area contributed by atoms with E-state index < -0.39 is 11.9 Å². The van der Waals surface area contributed by atoms with Crippen molar-refractivity contribution in [3.8, 4) is 0 Å². The first-order chi connectivity index (χ1) is 23.1. The summed E-state index contributed by atoms with van der Waals surface area (Å²) in [6.07, 6.45) is 0.527. The molecule has 0 aliphatic carbocycles. The first kappa shape index (κ1) is 30.4. The molecule has 0 amide bonds. The molecule has 0 spiro atoms. The van der Waals surface area contributed by atoms with Crippen LogP contribution in [-0.2, 0) is 6.42 Å². The van der Waals surface area contributed by atoms with Gasteiger partial charge in [0.05, 0.1) is 22.5 Å². The van der Waals surface area contributed by atoms with E-state index in [1.807, 2.05) is 75.4 Å². The number of aliphatic hydroxyl groups excluding tert-OH is 2. The number of benzene rings is 7. The number of aromatic carboxylic acids is 2. The summed E-state index contributed by atoms with van der Waals surface area (Å²) in [5.74, 6) is -2.96. The van der Waals surface area contributed by atoms with Crippen LogP contribution in [0.25, 0.3) is 43.1 Å². The highest BCUT2D eigenvalue weighted by molar-refractivity contribution is 6.39. The van der Waals surface area contributed by atoms with Gasteiger partial charge in [0, 0.05) is 21.9 Å². The van der Waals surface area contributed by atoms with Crippen molar-refractivity contribution < 1.29 is 30.0 Å². The lowest BCUT2D eigenvalue weighted by molar-refractivity contribution is 0.0695. The van der Waals surface area contributed by atoms with Gasteiger partial charge in [-0.05, 0) is 106 Å². The third-order valence-corrected chi connectivity index (χ3v) is 9.09. The largest absolute Gasteiger partial charge is 0.493 e. The molecule has 48 heavy (non-hydrogen) atoms. The van der Waals surface area contributed by atoms with E-state index in [-0.39, 0.29) is 28.3 Å². The van der Waals surface area contributed by atoms with E-state index in [2.05, 4.69) is 9.98 Å². The summed E-state index contributed by atoms with van der Waals surface area (Å²) >= 11 is 0. The fourth-order valence-corrected chi connectivity index (χ4v) is 6.81. The Kier molecular flexibility index (Phi) is 7.28. The van der Waals surface area contributed by atoms with E-state index in [1.165, 1.54) is 12.1 Å². The Hall–Kier alpha value is -6.28. The Labute approximate surface area is 274 Å². The second-order valence-electron chi connectivity index (χ2n) is 11.8. The number of rotatable bonds is 7. The molecule has 7 rings (SSSR count). The van der Waals surface area contributed by atoms with Crippen molar-refractivity contribution in [3.05, 3.63) is 130 Å². The van der Waals surface area contributed by atoms with Crippen LogP contribution in [0.2, 0.25) is 0 Å². The SMILES string of the molecule is CCc1cc(C(O)=Nc2ccccc2C)c2c(C(O)=Nc3ccccc3C)ccc3c4ccc(C(=O)O)c5c(C(=O)O)ccc(c1c23)c54. The van der Waals surface area contributed by atoms with Crippen molar-refractivity contribution in [2.45, 2.75) is 27.2 Å². The minimum Gasteiger partial charge on any atom is -0.493 e. The van der Waals surface area contributed by atoms with Crippen LogP contribution in [0.5, 0.6) is 0 Å². The summed E-state index contributed by atoms with van der Waals surface area (Å²) in [5.41, 5.74) is 4.28. The standard InChI is InChI=1S/C40H30N2O6/c1-4-22-19-29(38(44)42-31-12-8-6-10-21(31)3)34-26(37(43)41-30-11-7-5-9-20(30)2)16-13-24-23-14-17-27(39(45)46)35-28(40(47)48)18-15-25(33(23)35)32(22)36(24)34/h5-19H,4H2,1-3H3,(H,41,43)(H,42,44)(H,45,46)(H,47,48). The topological polar surface area (TPSA) is 140 Å². The lowest BCUT2D eigenvalue weighted by Gasteiger charge is -2.21. The predicted molar refractivity (Wildman–Crippen MR) is 191 cm³/mol. The number of hydrogen-bond donors (Lipinski definition) is 4. The first-order valence-corrected chi connectivity index (χ1v) is 15.5. The molecule has 0 unspecified atom stereocenters. The molecule has 0 radical (unpaired) electrons. The molecule has 8 heteroatoms. The number of hydrogen-bond acceptors (Lipinski definition) is 4. The number of aliphatic hydroxyl groups is 2. The lowest BCUT2D eigenvalue weighted by Crippen LogP contribution is -2.09. The van der Waals surface area contributed by atoms with Gasteiger partial charge >= 0.3 is 11.9 Å². The molecule has 0 aliphatic heterocycles. The van der Waals surface area contributed by atoms with Crippen LogP contribution in [-0.4, -0.2) is 44.2 Å². The van der Waals surface area contributed by atoms with Crippen molar-refractivity contribution in [1.82, 2.24) is 0 Å². The van der Waals surface area contributed by atoms with Gasteiger partial charge in [0.25, 0.3) is 0 Å². The second-order valence-corrected chi connectivity index (χ2v) is 11.8. The number of carbonyl (C=O) groups is 2.